The number of hydrazone groups is 1. The number of nitrogens with one attached hydrogen (secondary N) is 1. The van der Waals surface area contributed by atoms with E-state index in [1.54, 1.807) is 12.1 Å². The van der Waals surface area contributed by atoms with E-state index in [1.807, 2.05) is 48.5 Å². The highest BCUT2D eigenvalue weighted by molar-refractivity contribution is 6.00. The molecule has 0 fully saturated rings. The summed E-state index contributed by atoms with van der Waals surface area (Å²) in [5.41, 5.74) is 6.43. The highest BCUT2D eigenvalue weighted by Gasteiger charge is 2.09. The number of carbonyl (C=O) groups is 1. The predicted octanol–water partition coefficient (Wildman–Crippen LogP) is 4.09. The molecule has 0 aliphatic heterocycles. The third-order valence-electron chi connectivity index (χ3n) is 3.85. The molecule has 24 heavy (non-hydrogen) atoms. The van der Waals surface area contributed by atoms with Crippen molar-refractivity contribution in [3.8, 4) is 5.75 Å². The van der Waals surface area contributed by atoms with E-state index in [0.717, 1.165) is 29.9 Å². The summed E-state index contributed by atoms with van der Waals surface area (Å²) >= 11 is 0. The lowest BCUT2D eigenvalue weighted by molar-refractivity contribution is 0.0954. The number of nitrogens with zero attached hydrogens (tertiary/aromatic N) is 1. The molecule has 0 spiro atoms. The minimum Gasteiger partial charge on any atom is -0.489 e. The molecule has 4 nitrogen and oxygen atoms in total. The summed E-state index contributed by atoms with van der Waals surface area (Å²) in [6.07, 6.45) is 3.93. The van der Waals surface area contributed by atoms with E-state index in [2.05, 4.69) is 17.5 Å². The Kier molecular flexibility index (Phi) is 5.06. The van der Waals surface area contributed by atoms with Crippen molar-refractivity contribution in [2.45, 2.75) is 26.4 Å². The van der Waals surface area contributed by atoms with E-state index in [4.69, 9.17) is 4.74 Å². The van der Waals surface area contributed by atoms with Gasteiger partial charge in [-0.25, -0.2) is 5.43 Å². The van der Waals surface area contributed by atoms with Crippen LogP contribution in [-0.4, -0.2) is 11.6 Å². The summed E-state index contributed by atoms with van der Waals surface area (Å²) in [6, 6.07) is 17.0. The summed E-state index contributed by atoms with van der Waals surface area (Å²) in [5, 5.41) is 4.16. The molecule has 0 radical (unpaired) electrons. The van der Waals surface area contributed by atoms with Crippen molar-refractivity contribution in [3.63, 3.8) is 0 Å². The Morgan fingerprint density at radius 1 is 1.08 bits per heavy atom. The second-order valence-corrected chi connectivity index (χ2v) is 5.83. The predicted molar refractivity (Wildman–Crippen MR) is 95.1 cm³/mol. The fraction of sp³-hybridized carbons (Fsp3) is 0.200. The van der Waals surface area contributed by atoms with Crippen LogP contribution in [0.3, 0.4) is 0 Å². The third kappa shape index (κ3) is 4.32. The van der Waals surface area contributed by atoms with E-state index in [9.17, 15) is 4.79 Å². The largest absolute Gasteiger partial charge is 0.489 e. The van der Waals surface area contributed by atoms with Crippen LogP contribution in [0.4, 0.5) is 0 Å². The Bertz CT molecular complexity index is 762. The zero-order valence-electron chi connectivity index (χ0n) is 13.7. The van der Waals surface area contributed by atoms with Gasteiger partial charge in [-0.1, -0.05) is 35.9 Å². The first-order valence-corrected chi connectivity index (χ1v) is 8.01. The minimum absolute atomic E-state index is 0.198. The Morgan fingerprint density at radius 3 is 2.50 bits per heavy atom. The van der Waals surface area contributed by atoms with Gasteiger partial charge in [-0.2, -0.15) is 5.10 Å². The number of hydrogen-bond donors (Lipinski definition) is 1. The Morgan fingerprint density at radius 2 is 1.83 bits per heavy atom. The molecule has 0 saturated heterocycles. The van der Waals surface area contributed by atoms with Crippen molar-refractivity contribution in [1.82, 2.24) is 5.43 Å². The van der Waals surface area contributed by atoms with Crippen LogP contribution >= 0.6 is 0 Å². The highest BCUT2D eigenvalue weighted by Crippen LogP contribution is 2.15. The number of hydrogen-bond acceptors (Lipinski definition) is 3. The van der Waals surface area contributed by atoms with E-state index in [1.165, 1.54) is 5.57 Å². The van der Waals surface area contributed by atoms with Crippen molar-refractivity contribution < 1.29 is 9.53 Å². The molecule has 2 aromatic carbocycles. The van der Waals surface area contributed by atoms with Crippen molar-refractivity contribution in [2.24, 2.45) is 5.10 Å². The van der Waals surface area contributed by atoms with E-state index in [0.29, 0.717) is 12.2 Å². The molecular weight excluding hydrogens is 300 g/mol. The molecule has 1 aliphatic carbocycles. The van der Waals surface area contributed by atoms with Gasteiger partial charge in [-0.15, -0.1) is 0 Å². The number of carbonyl (C=O) groups excluding carboxylic acids is 1. The van der Waals surface area contributed by atoms with Gasteiger partial charge in [-0.05, 0) is 55.7 Å². The fourth-order valence-electron chi connectivity index (χ4n) is 2.47. The van der Waals surface area contributed by atoms with Crippen LogP contribution in [0, 0.1) is 0 Å². The molecule has 0 atom stereocenters. The lowest BCUT2D eigenvalue weighted by Gasteiger charge is -2.07. The van der Waals surface area contributed by atoms with Crippen LogP contribution in [0.5, 0.6) is 5.75 Å². The first-order valence-electron chi connectivity index (χ1n) is 8.01. The first-order chi connectivity index (χ1) is 11.7. The maximum absolute atomic E-state index is 12.1. The quantitative estimate of drug-likeness (QED) is 0.844. The van der Waals surface area contributed by atoms with Gasteiger partial charge < -0.3 is 4.74 Å². The molecular formula is C20H20N2O2. The average Bonchev–Trinajstić information content (AvgIpc) is 3.04. The molecule has 0 aromatic heterocycles. The van der Waals surface area contributed by atoms with Crippen LogP contribution in [0.15, 0.2) is 71.3 Å². The van der Waals surface area contributed by atoms with Gasteiger partial charge in [0, 0.05) is 5.56 Å². The number of ether oxygens (including phenoxy) is 1. The molecule has 0 bridgehead atoms. The second-order valence-electron chi connectivity index (χ2n) is 5.83. The van der Waals surface area contributed by atoms with E-state index in [-0.39, 0.29) is 5.91 Å². The Labute approximate surface area is 141 Å². The molecule has 0 saturated carbocycles. The summed E-state index contributed by atoms with van der Waals surface area (Å²) in [4.78, 5) is 12.1. The Hall–Kier alpha value is -2.88. The second kappa shape index (κ2) is 7.59. The first kappa shape index (κ1) is 16.0. The molecule has 122 valence electrons. The summed E-state index contributed by atoms with van der Waals surface area (Å²) in [6.45, 7) is 2.54. The van der Waals surface area contributed by atoms with Crippen LogP contribution in [0.2, 0.25) is 0 Å². The normalized spacial score (nSPS) is 15.2. The van der Waals surface area contributed by atoms with Gasteiger partial charge in [0.1, 0.15) is 12.4 Å². The molecule has 3 rings (SSSR count). The average molecular weight is 320 g/mol. The number of benzene rings is 2. The number of allylic oxidation sites excluding steroid dienone is 2. The molecule has 1 N–H and O–H groups in total. The van der Waals surface area contributed by atoms with Crippen molar-refractivity contribution >= 4 is 11.6 Å². The topological polar surface area (TPSA) is 50.7 Å². The lowest BCUT2D eigenvalue weighted by atomic mass is 10.1. The van der Waals surface area contributed by atoms with Crippen LogP contribution in [0.25, 0.3) is 0 Å². The van der Waals surface area contributed by atoms with Gasteiger partial charge in [0.05, 0.1) is 5.71 Å². The van der Waals surface area contributed by atoms with Gasteiger partial charge in [0.15, 0.2) is 0 Å². The Balaban J connectivity index is 1.55. The molecule has 1 aliphatic rings. The van der Waals surface area contributed by atoms with Crippen LogP contribution in [0.1, 0.15) is 35.7 Å². The summed E-state index contributed by atoms with van der Waals surface area (Å²) in [5.74, 6) is 0.631. The van der Waals surface area contributed by atoms with E-state index >= 15 is 0 Å². The highest BCUT2D eigenvalue weighted by atomic mass is 16.5. The number of rotatable bonds is 5. The molecule has 0 heterocycles. The van der Waals surface area contributed by atoms with Crippen LogP contribution in [-0.2, 0) is 6.61 Å². The maximum atomic E-state index is 12.1. The van der Waals surface area contributed by atoms with E-state index < -0.39 is 0 Å². The zero-order chi connectivity index (χ0) is 16.8. The minimum atomic E-state index is -0.198. The molecule has 4 heteroatoms. The molecule has 2 aromatic rings. The van der Waals surface area contributed by atoms with Crippen molar-refractivity contribution in [1.29, 1.82) is 0 Å². The monoisotopic (exact) mass is 320 g/mol. The number of amides is 1. The van der Waals surface area contributed by atoms with Crippen LogP contribution < -0.4 is 10.2 Å². The standard InChI is InChI=1S/C20H20N2O2/c1-15-7-12-18(13-15)21-22-20(23)17-10-8-16(9-11-17)14-24-19-5-3-2-4-6-19/h2-6,8-11,13H,7,12,14H2,1H3,(H,22,23). The summed E-state index contributed by atoms with van der Waals surface area (Å²) in [7, 11) is 0. The van der Waals surface area contributed by atoms with Gasteiger partial charge in [-0.3, -0.25) is 4.79 Å². The molecule has 1 amide bonds. The number of para-hydroxylation sites is 1. The fourth-order valence-corrected chi connectivity index (χ4v) is 2.47. The smallest absolute Gasteiger partial charge is 0.271 e. The van der Waals surface area contributed by atoms with Gasteiger partial charge in [0.25, 0.3) is 5.91 Å². The molecule has 0 unspecified atom stereocenters. The third-order valence-corrected chi connectivity index (χ3v) is 3.85. The van der Waals surface area contributed by atoms with Crippen molar-refractivity contribution in [3.05, 3.63) is 77.4 Å². The summed E-state index contributed by atoms with van der Waals surface area (Å²) < 4.78 is 5.69. The van der Waals surface area contributed by atoms with Gasteiger partial charge in [0.2, 0.25) is 0 Å². The van der Waals surface area contributed by atoms with Crippen molar-refractivity contribution in [2.75, 3.05) is 0 Å². The zero-order valence-corrected chi connectivity index (χ0v) is 13.7. The van der Waals surface area contributed by atoms with Gasteiger partial charge >= 0.3 is 0 Å². The maximum Gasteiger partial charge on any atom is 0.271 e. The lowest BCUT2D eigenvalue weighted by Crippen LogP contribution is -2.18. The SMILES string of the molecule is CC1=CC(=NNC(=O)c2ccc(COc3ccccc3)cc2)CC1.